The summed E-state index contributed by atoms with van der Waals surface area (Å²) in [5, 5.41) is 15.1. The van der Waals surface area contributed by atoms with Crippen LogP contribution in [0.4, 0.5) is 0 Å². The first-order valence-corrected chi connectivity index (χ1v) is 12.4. The number of hydrogen-bond donors (Lipinski definition) is 1. The van der Waals surface area contributed by atoms with Crippen LogP contribution < -0.4 is 10.3 Å². The van der Waals surface area contributed by atoms with Crippen LogP contribution in [0.1, 0.15) is 43.4 Å². The molecule has 180 valence electrons. The third kappa shape index (κ3) is 4.97. The van der Waals surface area contributed by atoms with Gasteiger partial charge in [-0.25, -0.2) is 4.98 Å². The summed E-state index contributed by atoms with van der Waals surface area (Å²) in [6, 6.07) is 14.5. The zero-order valence-corrected chi connectivity index (χ0v) is 22.2. The second-order valence-corrected chi connectivity index (χ2v) is 9.70. The normalized spacial score (nSPS) is 11.6. The topological polar surface area (TPSA) is 76.7 Å². The Morgan fingerprint density at radius 1 is 1.23 bits per heavy atom. The van der Waals surface area contributed by atoms with E-state index < -0.39 is 0 Å². The maximum Gasteiger partial charge on any atom is 0.282 e. The summed E-state index contributed by atoms with van der Waals surface area (Å²) in [5.74, 6) is 1.40. The van der Waals surface area contributed by atoms with E-state index in [1.807, 2.05) is 38.1 Å². The summed E-state index contributed by atoms with van der Waals surface area (Å²) >= 11 is 9.39. The fourth-order valence-corrected chi connectivity index (χ4v) is 4.68. The molecule has 1 heterocycles. The summed E-state index contributed by atoms with van der Waals surface area (Å²) < 4.78 is 7.62. The van der Waals surface area contributed by atoms with Gasteiger partial charge in [0.1, 0.15) is 11.5 Å². The highest BCUT2D eigenvalue weighted by Gasteiger charge is 2.18. The van der Waals surface area contributed by atoms with E-state index in [9.17, 15) is 9.90 Å². The number of nitrogens with zero attached hydrogens (tertiary/aromatic N) is 3. The molecule has 0 fully saturated rings. The molecule has 0 aliphatic carbocycles. The van der Waals surface area contributed by atoms with Crippen molar-refractivity contribution in [3.05, 3.63) is 85.1 Å². The van der Waals surface area contributed by atoms with Gasteiger partial charge in [0.15, 0.2) is 5.82 Å². The third-order valence-corrected chi connectivity index (χ3v) is 6.53. The highest BCUT2D eigenvalue weighted by atomic mass is 79.9. The third-order valence-electron chi connectivity index (χ3n) is 5.63. The average Bonchev–Trinajstić information content (AvgIpc) is 2.82. The number of halogens is 2. The Hall–Kier alpha value is -3.16. The molecule has 35 heavy (non-hydrogen) atoms. The molecule has 1 N–H and O–H groups in total. The van der Waals surface area contributed by atoms with Gasteiger partial charge >= 0.3 is 0 Å². The lowest BCUT2D eigenvalue weighted by Gasteiger charge is -2.18. The lowest BCUT2D eigenvalue weighted by atomic mass is 9.96. The number of para-hydroxylation sites is 1. The SMILES string of the molecule is CCOc1cc(C)c(-c2nc3ccccc3c(=O)n2N=Cc2cc(Cl)c(O)c(Br)c2)cc1C(C)C. The van der Waals surface area contributed by atoms with Crippen LogP contribution in [0.3, 0.4) is 0 Å². The molecule has 0 aliphatic heterocycles. The molecule has 0 atom stereocenters. The predicted molar refractivity (Wildman–Crippen MR) is 145 cm³/mol. The smallest absolute Gasteiger partial charge is 0.282 e. The molecule has 4 aromatic rings. The van der Waals surface area contributed by atoms with Crippen molar-refractivity contribution < 1.29 is 9.84 Å². The van der Waals surface area contributed by atoms with Gasteiger partial charge < -0.3 is 9.84 Å². The summed E-state index contributed by atoms with van der Waals surface area (Å²) in [5.41, 5.74) is 3.65. The minimum absolute atomic E-state index is 0.0553. The second kappa shape index (κ2) is 10.2. The Labute approximate surface area is 217 Å². The van der Waals surface area contributed by atoms with E-state index in [0.29, 0.717) is 33.4 Å². The summed E-state index contributed by atoms with van der Waals surface area (Å²) in [4.78, 5) is 18.4. The first kappa shape index (κ1) is 24.9. The van der Waals surface area contributed by atoms with Gasteiger partial charge in [0.25, 0.3) is 5.56 Å². The lowest BCUT2D eigenvalue weighted by molar-refractivity contribution is 0.335. The Morgan fingerprint density at radius 3 is 2.66 bits per heavy atom. The number of phenols is 1. The molecule has 1 aromatic heterocycles. The van der Waals surface area contributed by atoms with Crippen molar-refractivity contribution in [2.75, 3.05) is 6.61 Å². The fourth-order valence-electron chi connectivity index (χ4n) is 3.86. The van der Waals surface area contributed by atoms with E-state index in [4.69, 9.17) is 21.3 Å². The zero-order chi connectivity index (χ0) is 25.3. The minimum Gasteiger partial charge on any atom is -0.505 e. The molecule has 0 spiro atoms. The minimum atomic E-state index is -0.287. The summed E-state index contributed by atoms with van der Waals surface area (Å²) in [7, 11) is 0. The van der Waals surface area contributed by atoms with Gasteiger partial charge in [-0.3, -0.25) is 4.79 Å². The number of benzene rings is 3. The number of aromatic hydroxyl groups is 1. The summed E-state index contributed by atoms with van der Waals surface area (Å²) in [6.07, 6.45) is 1.52. The Morgan fingerprint density at radius 2 is 1.97 bits per heavy atom. The van der Waals surface area contributed by atoms with Crippen LogP contribution in [-0.2, 0) is 0 Å². The van der Waals surface area contributed by atoms with Crippen LogP contribution in [0, 0.1) is 6.92 Å². The molecule has 0 saturated heterocycles. The van der Waals surface area contributed by atoms with Gasteiger partial charge in [0, 0.05) is 5.56 Å². The molecule has 3 aromatic carbocycles. The van der Waals surface area contributed by atoms with E-state index in [0.717, 1.165) is 22.4 Å². The van der Waals surface area contributed by atoms with Crippen LogP contribution >= 0.6 is 27.5 Å². The molecule has 0 amide bonds. The fraction of sp³-hybridized carbons (Fsp3) is 0.222. The molecular formula is C27H25BrClN3O3. The van der Waals surface area contributed by atoms with Crippen LogP contribution in [0.25, 0.3) is 22.3 Å². The Balaban J connectivity index is 1.98. The molecule has 8 heteroatoms. The standard InChI is InChI=1S/C27H25BrClN3O3/c1-5-35-24-10-16(4)20(13-19(24)15(2)3)26-31-23-9-7-6-8-18(23)27(34)32(26)30-14-17-11-21(28)25(33)22(29)12-17/h6-15,33H,5H2,1-4H3. The molecule has 0 unspecified atom stereocenters. The van der Waals surface area contributed by atoms with Crippen molar-refractivity contribution in [3.63, 3.8) is 0 Å². The Bertz CT molecular complexity index is 1490. The van der Waals surface area contributed by atoms with Gasteiger partial charge in [-0.1, -0.05) is 37.6 Å². The molecule has 6 nitrogen and oxygen atoms in total. The van der Waals surface area contributed by atoms with Crippen molar-refractivity contribution in [1.82, 2.24) is 9.66 Å². The van der Waals surface area contributed by atoms with Crippen molar-refractivity contribution in [2.24, 2.45) is 5.10 Å². The van der Waals surface area contributed by atoms with Gasteiger partial charge in [0.2, 0.25) is 0 Å². The van der Waals surface area contributed by atoms with Crippen molar-refractivity contribution in [3.8, 4) is 22.9 Å². The number of hydrogen-bond acceptors (Lipinski definition) is 5. The molecular weight excluding hydrogens is 530 g/mol. The van der Waals surface area contributed by atoms with Crippen molar-refractivity contribution in [1.29, 1.82) is 0 Å². The average molecular weight is 555 g/mol. The van der Waals surface area contributed by atoms with Crippen molar-refractivity contribution in [2.45, 2.75) is 33.6 Å². The maximum absolute atomic E-state index is 13.5. The van der Waals surface area contributed by atoms with E-state index in [1.54, 1.807) is 24.3 Å². The first-order chi connectivity index (χ1) is 16.7. The van der Waals surface area contributed by atoms with E-state index in [2.05, 4.69) is 34.9 Å². The Kier molecular flexibility index (Phi) is 7.28. The number of ether oxygens (including phenoxy) is 1. The monoisotopic (exact) mass is 553 g/mol. The van der Waals surface area contributed by atoms with Gasteiger partial charge in [-0.05, 0) is 88.8 Å². The van der Waals surface area contributed by atoms with E-state index in [1.165, 1.54) is 10.9 Å². The molecule has 4 rings (SSSR count). The second-order valence-electron chi connectivity index (χ2n) is 8.44. The van der Waals surface area contributed by atoms with Crippen LogP contribution in [0.2, 0.25) is 5.02 Å². The molecule has 0 saturated carbocycles. The van der Waals surface area contributed by atoms with E-state index >= 15 is 0 Å². The highest BCUT2D eigenvalue weighted by molar-refractivity contribution is 9.10. The quantitative estimate of drug-likeness (QED) is 0.263. The molecule has 0 bridgehead atoms. The lowest BCUT2D eigenvalue weighted by Crippen LogP contribution is -2.20. The van der Waals surface area contributed by atoms with E-state index in [-0.39, 0.29) is 22.2 Å². The number of aromatic nitrogens is 2. The largest absolute Gasteiger partial charge is 0.505 e. The van der Waals surface area contributed by atoms with Gasteiger partial charge in [-0.2, -0.15) is 9.78 Å². The van der Waals surface area contributed by atoms with Gasteiger partial charge in [0.05, 0.1) is 33.2 Å². The van der Waals surface area contributed by atoms with Crippen LogP contribution in [0.5, 0.6) is 11.5 Å². The number of phenolic OH excluding ortho intramolecular Hbond substituents is 1. The van der Waals surface area contributed by atoms with Gasteiger partial charge in [-0.15, -0.1) is 0 Å². The predicted octanol–water partition coefficient (Wildman–Crippen LogP) is 6.90. The first-order valence-electron chi connectivity index (χ1n) is 11.2. The highest BCUT2D eigenvalue weighted by Crippen LogP contribution is 2.35. The number of fused-ring (bicyclic) bond motifs is 1. The van der Waals surface area contributed by atoms with Crippen molar-refractivity contribution >= 4 is 44.6 Å². The number of rotatable bonds is 6. The molecule has 0 radical (unpaired) electrons. The zero-order valence-electron chi connectivity index (χ0n) is 19.8. The van der Waals surface area contributed by atoms with Crippen LogP contribution in [-0.4, -0.2) is 27.6 Å². The van der Waals surface area contributed by atoms with Crippen LogP contribution in [0.15, 0.2) is 62.9 Å². The maximum atomic E-state index is 13.5. The summed E-state index contributed by atoms with van der Waals surface area (Å²) in [6.45, 7) is 8.68. The number of aryl methyl sites for hydroxylation is 1. The molecule has 0 aliphatic rings.